The van der Waals surface area contributed by atoms with Gasteiger partial charge < -0.3 is 15.8 Å². The van der Waals surface area contributed by atoms with Crippen LogP contribution in [0.3, 0.4) is 0 Å². The number of benzene rings is 1. The molecule has 0 saturated carbocycles. The average molecular weight is 449 g/mol. The molecule has 1 aromatic carbocycles. The molecule has 6 nitrogen and oxygen atoms in total. The predicted molar refractivity (Wildman–Crippen MR) is 126 cm³/mol. The highest BCUT2D eigenvalue weighted by molar-refractivity contribution is 8.01. The lowest BCUT2D eigenvalue weighted by atomic mass is 10.00. The highest BCUT2D eigenvalue weighted by Gasteiger charge is 2.22. The summed E-state index contributed by atoms with van der Waals surface area (Å²) in [6.07, 6.45) is 1.72. The SMILES string of the molecule is COCCSc1sc2nc(-c3cnc4c(c3)CNC4=O)cc(-c3ccccc3)c2c1N. The number of pyridine rings is 2. The Morgan fingerprint density at radius 3 is 2.87 bits per heavy atom. The Labute approximate surface area is 187 Å². The Balaban J connectivity index is 1.67. The van der Waals surface area contributed by atoms with Gasteiger partial charge in [0.2, 0.25) is 0 Å². The number of aromatic nitrogens is 2. The van der Waals surface area contributed by atoms with E-state index in [1.165, 1.54) is 0 Å². The first-order valence-electron chi connectivity index (χ1n) is 9.83. The molecule has 31 heavy (non-hydrogen) atoms. The zero-order chi connectivity index (χ0) is 21.4. The number of thiophene rings is 1. The zero-order valence-corrected chi connectivity index (χ0v) is 18.5. The highest BCUT2D eigenvalue weighted by Crippen LogP contribution is 2.45. The topological polar surface area (TPSA) is 90.1 Å². The van der Waals surface area contributed by atoms with E-state index in [0.29, 0.717) is 18.8 Å². The number of carbonyl (C=O) groups excluding carboxylic acids is 1. The quantitative estimate of drug-likeness (QED) is 0.331. The van der Waals surface area contributed by atoms with Gasteiger partial charge in [0.05, 0.1) is 22.2 Å². The molecule has 0 saturated heterocycles. The largest absolute Gasteiger partial charge is 0.397 e. The summed E-state index contributed by atoms with van der Waals surface area (Å²) in [6, 6.07) is 14.3. The van der Waals surface area contributed by atoms with E-state index < -0.39 is 0 Å². The first-order valence-corrected chi connectivity index (χ1v) is 11.6. The number of hydrogen-bond donors (Lipinski definition) is 2. The molecule has 0 bridgehead atoms. The van der Waals surface area contributed by atoms with Crippen molar-refractivity contribution in [1.82, 2.24) is 15.3 Å². The van der Waals surface area contributed by atoms with E-state index in [0.717, 1.165) is 53.8 Å². The van der Waals surface area contributed by atoms with Gasteiger partial charge in [-0.15, -0.1) is 23.1 Å². The minimum Gasteiger partial charge on any atom is -0.397 e. The summed E-state index contributed by atoms with van der Waals surface area (Å²) in [4.78, 5) is 22.1. The van der Waals surface area contributed by atoms with E-state index in [-0.39, 0.29) is 5.91 Å². The highest BCUT2D eigenvalue weighted by atomic mass is 32.2. The van der Waals surface area contributed by atoms with Crippen LogP contribution in [0.5, 0.6) is 0 Å². The van der Waals surface area contributed by atoms with Crippen molar-refractivity contribution >= 4 is 44.9 Å². The van der Waals surface area contributed by atoms with E-state index >= 15 is 0 Å². The summed E-state index contributed by atoms with van der Waals surface area (Å²) in [6.45, 7) is 1.16. The number of nitrogens with two attached hydrogens (primary N) is 1. The lowest BCUT2D eigenvalue weighted by Gasteiger charge is -2.09. The van der Waals surface area contributed by atoms with Crippen LogP contribution < -0.4 is 11.1 Å². The number of thioether (sulfide) groups is 1. The maximum absolute atomic E-state index is 11.9. The molecule has 0 atom stereocenters. The molecule has 3 N–H and O–H groups in total. The summed E-state index contributed by atoms with van der Waals surface area (Å²) >= 11 is 3.29. The Hall–Kier alpha value is -2.94. The third kappa shape index (κ3) is 3.67. The predicted octanol–water partition coefficient (Wildman–Crippen LogP) is 4.59. The molecule has 1 aliphatic heterocycles. The second kappa shape index (κ2) is 8.30. The summed E-state index contributed by atoms with van der Waals surface area (Å²) in [5.74, 6) is 0.704. The van der Waals surface area contributed by atoms with Gasteiger partial charge in [-0.3, -0.25) is 9.78 Å². The van der Waals surface area contributed by atoms with Crippen molar-refractivity contribution < 1.29 is 9.53 Å². The van der Waals surface area contributed by atoms with Crippen molar-refractivity contribution in [2.45, 2.75) is 10.8 Å². The van der Waals surface area contributed by atoms with Crippen LogP contribution >= 0.6 is 23.1 Å². The molecule has 0 radical (unpaired) electrons. The van der Waals surface area contributed by atoms with E-state index in [4.69, 9.17) is 15.5 Å². The third-order valence-corrected chi connectivity index (χ3v) is 7.54. The Bertz CT molecular complexity index is 1290. The van der Waals surface area contributed by atoms with Crippen molar-refractivity contribution in [2.75, 3.05) is 25.2 Å². The molecule has 0 spiro atoms. The van der Waals surface area contributed by atoms with Crippen LogP contribution in [0.25, 0.3) is 32.6 Å². The second-order valence-electron chi connectivity index (χ2n) is 7.16. The van der Waals surface area contributed by atoms with Gasteiger partial charge in [-0.05, 0) is 23.3 Å². The number of ether oxygens (including phenoxy) is 1. The molecular weight excluding hydrogens is 428 g/mol. The van der Waals surface area contributed by atoms with Gasteiger partial charge in [-0.2, -0.15) is 0 Å². The van der Waals surface area contributed by atoms with Gasteiger partial charge in [0.25, 0.3) is 5.91 Å². The summed E-state index contributed by atoms with van der Waals surface area (Å²) in [5, 5.41) is 3.79. The normalized spacial score (nSPS) is 12.9. The summed E-state index contributed by atoms with van der Waals surface area (Å²) in [7, 11) is 1.70. The fourth-order valence-electron chi connectivity index (χ4n) is 3.67. The van der Waals surface area contributed by atoms with Crippen LogP contribution in [0.2, 0.25) is 0 Å². The maximum Gasteiger partial charge on any atom is 0.270 e. The molecular formula is C23H20N4O2S2. The van der Waals surface area contributed by atoms with Crippen LogP contribution in [-0.2, 0) is 11.3 Å². The Morgan fingerprint density at radius 1 is 1.23 bits per heavy atom. The number of anilines is 1. The van der Waals surface area contributed by atoms with Crippen molar-refractivity contribution in [3.63, 3.8) is 0 Å². The minimum atomic E-state index is -0.126. The lowest BCUT2D eigenvalue weighted by molar-refractivity contribution is 0.0961. The number of nitrogens with zero attached hydrogens (tertiary/aromatic N) is 2. The molecule has 3 aromatic heterocycles. The van der Waals surface area contributed by atoms with E-state index in [9.17, 15) is 4.79 Å². The number of nitrogens with one attached hydrogen (secondary N) is 1. The number of amides is 1. The molecule has 156 valence electrons. The van der Waals surface area contributed by atoms with Crippen molar-refractivity contribution in [1.29, 1.82) is 0 Å². The van der Waals surface area contributed by atoms with Gasteiger partial charge in [0.1, 0.15) is 10.5 Å². The number of hydrogen-bond acceptors (Lipinski definition) is 7. The molecule has 4 heterocycles. The van der Waals surface area contributed by atoms with Gasteiger partial charge in [-0.25, -0.2) is 4.98 Å². The molecule has 1 aliphatic rings. The maximum atomic E-state index is 11.9. The Kier molecular flexibility index (Phi) is 5.35. The summed E-state index contributed by atoms with van der Waals surface area (Å²) in [5.41, 5.74) is 12.6. The van der Waals surface area contributed by atoms with Crippen LogP contribution in [-0.4, -0.2) is 35.3 Å². The van der Waals surface area contributed by atoms with Crippen LogP contribution in [0, 0.1) is 0 Å². The van der Waals surface area contributed by atoms with Crippen molar-refractivity contribution in [2.24, 2.45) is 0 Å². The molecule has 0 aliphatic carbocycles. The standard InChI is InChI=1S/C23H20N4O2S2/c1-29-7-8-30-23-19(24)18-16(13-5-3-2-4-6-13)10-17(27-22(18)31-23)14-9-15-12-26-21(28)20(15)25-11-14/h2-6,9-11H,7-8,12,24H2,1H3,(H,26,28). The van der Waals surface area contributed by atoms with Crippen LogP contribution in [0.4, 0.5) is 5.69 Å². The molecule has 5 rings (SSSR count). The third-order valence-electron chi connectivity index (χ3n) is 5.19. The van der Waals surface area contributed by atoms with Crippen molar-refractivity contribution in [3.8, 4) is 22.4 Å². The number of methoxy groups -OCH3 is 1. The molecule has 8 heteroatoms. The van der Waals surface area contributed by atoms with Gasteiger partial charge in [0, 0.05) is 42.1 Å². The van der Waals surface area contributed by atoms with Gasteiger partial charge >= 0.3 is 0 Å². The minimum absolute atomic E-state index is 0.126. The zero-order valence-electron chi connectivity index (χ0n) is 16.8. The molecule has 0 unspecified atom stereocenters. The van der Waals surface area contributed by atoms with Crippen LogP contribution in [0.1, 0.15) is 16.1 Å². The number of rotatable bonds is 6. The van der Waals surface area contributed by atoms with E-state index in [1.807, 2.05) is 24.3 Å². The molecule has 4 aromatic rings. The van der Waals surface area contributed by atoms with Gasteiger partial charge in [-0.1, -0.05) is 30.3 Å². The average Bonchev–Trinajstić information content (AvgIpc) is 3.33. The fraction of sp³-hybridized carbons (Fsp3) is 0.174. The smallest absolute Gasteiger partial charge is 0.270 e. The van der Waals surface area contributed by atoms with Crippen molar-refractivity contribution in [3.05, 3.63) is 59.9 Å². The van der Waals surface area contributed by atoms with Gasteiger partial charge in [0.15, 0.2) is 0 Å². The monoisotopic (exact) mass is 448 g/mol. The second-order valence-corrected chi connectivity index (χ2v) is 9.52. The number of nitrogen functional groups attached to an aromatic ring is 1. The van der Waals surface area contributed by atoms with E-state index in [1.54, 1.807) is 36.4 Å². The fourth-order valence-corrected chi connectivity index (χ4v) is 5.94. The number of fused-ring (bicyclic) bond motifs is 2. The number of carbonyl (C=O) groups is 1. The Morgan fingerprint density at radius 2 is 2.06 bits per heavy atom. The van der Waals surface area contributed by atoms with E-state index in [2.05, 4.69) is 28.5 Å². The summed E-state index contributed by atoms with van der Waals surface area (Å²) < 4.78 is 6.23. The first-order chi connectivity index (χ1) is 15.2. The first kappa shape index (κ1) is 20.0. The van der Waals surface area contributed by atoms with Crippen LogP contribution in [0.15, 0.2) is 52.9 Å². The molecule has 1 amide bonds. The lowest BCUT2D eigenvalue weighted by Crippen LogP contribution is -2.13. The molecule has 0 fully saturated rings.